The van der Waals surface area contributed by atoms with E-state index in [1.807, 2.05) is 7.05 Å². The van der Waals surface area contributed by atoms with Crippen LogP contribution in [0.2, 0.25) is 0 Å². The number of hydrogen-bond acceptors (Lipinski definition) is 7. The molecule has 1 aliphatic rings. The van der Waals surface area contributed by atoms with Crippen LogP contribution in [0.15, 0.2) is 11.7 Å². The van der Waals surface area contributed by atoms with Crippen molar-refractivity contribution in [1.29, 1.82) is 0 Å². The van der Waals surface area contributed by atoms with Crippen molar-refractivity contribution in [3.8, 4) is 0 Å². The molecule has 22 heavy (non-hydrogen) atoms. The van der Waals surface area contributed by atoms with Crippen LogP contribution in [0.25, 0.3) is 0 Å². The molecule has 1 aliphatic heterocycles. The lowest BCUT2D eigenvalue weighted by molar-refractivity contribution is 0.0520. The molecule has 0 aliphatic carbocycles. The Morgan fingerprint density at radius 3 is 3.14 bits per heavy atom. The van der Waals surface area contributed by atoms with Gasteiger partial charge in [0, 0.05) is 12.4 Å². The quantitative estimate of drug-likeness (QED) is 0.782. The standard InChI is InChI=1S/C14H19N5O2S/c1-3-21-14(20)10-8-22-13(17-10)11-5-4-6-19(11)7-12-15-9-16-18(12)2/h8-9,11H,3-7H2,1-2H3. The highest BCUT2D eigenvalue weighted by Gasteiger charge is 2.30. The third-order valence-electron chi connectivity index (χ3n) is 3.80. The molecule has 1 fully saturated rings. The number of likely N-dealkylation sites (tertiary alicyclic amines) is 1. The molecule has 7 nitrogen and oxygen atoms in total. The predicted octanol–water partition coefficient (Wildman–Crippen LogP) is 1.79. The lowest BCUT2D eigenvalue weighted by atomic mass is 10.2. The van der Waals surface area contributed by atoms with Crippen molar-refractivity contribution in [3.05, 3.63) is 28.2 Å². The van der Waals surface area contributed by atoms with Gasteiger partial charge in [-0.05, 0) is 26.3 Å². The van der Waals surface area contributed by atoms with Gasteiger partial charge in [0.15, 0.2) is 5.69 Å². The van der Waals surface area contributed by atoms with Crippen molar-refractivity contribution < 1.29 is 9.53 Å². The van der Waals surface area contributed by atoms with E-state index >= 15 is 0 Å². The zero-order valence-electron chi connectivity index (χ0n) is 12.7. The number of thiazole rings is 1. The van der Waals surface area contributed by atoms with Gasteiger partial charge in [0.05, 0.1) is 19.2 Å². The maximum Gasteiger partial charge on any atom is 0.357 e. The SMILES string of the molecule is CCOC(=O)c1csc(C2CCCN2Cc2ncnn2C)n1. The van der Waals surface area contributed by atoms with Crippen LogP contribution in [0.1, 0.15) is 47.1 Å². The molecule has 0 spiro atoms. The molecule has 0 saturated carbocycles. The van der Waals surface area contributed by atoms with Crippen LogP contribution in [0.5, 0.6) is 0 Å². The van der Waals surface area contributed by atoms with Gasteiger partial charge >= 0.3 is 5.97 Å². The van der Waals surface area contributed by atoms with E-state index in [1.54, 1.807) is 23.3 Å². The van der Waals surface area contributed by atoms with Gasteiger partial charge in [0.2, 0.25) is 0 Å². The number of carbonyl (C=O) groups is 1. The first-order chi connectivity index (χ1) is 10.7. The third-order valence-corrected chi connectivity index (χ3v) is 4.75. The van der Waals surface area contributed by atoms with Gasteiger partial charge in [-0.2, -0.15) is 5.10 Å². The number of carbonyl (C=O) groups excluding carboxylic acids is 1. The first-order valence-corrected chi connectivity index (χ1v) is 8.26. The fourth-order valence-corrected chi connectivity index (χ4v) is 3.64. The summed E-state index contributed by atoms with van der Waals surface area (Å²) in [7, 11) is 1.90. The maximum absolute atomic E-state index is 11.7. The van der Waals surface area contributed by atoms with E-state index in [-0.39, 0.29) is 12.0 Å². The average molecular weight is 321 g/mol. The second-order valence-corrected chi connectivity index (χ2v) is 6.11. The summed E-state index contributed by atoms with van der Waals surface area (Å²) in [5.41, 5.74) is 0.410. The van der Waals surface area contributed by atoms with E-state index in [2.05, 4.69) is 20.0 Å². The Hall–Kier alpha value is -1.80. The van der Waals surface area contributed by atoms with E-state index in [0.29, 0.717) is 12.3 Å². The zero-order valence-corrected chi connectivity index (χ0v) is 13.5. The molecule has 8 heteroatoms. The van der Waals surface area contributed by atoms with Crippen LogP contribution in [0.3, 0.4) is 0 Å². The van der Waals surface area contributed by atoms with Crippen LogP contribution in [-0.2, 0) is 18.3 Å². The number of aromatic nitrogens is 4. The normalized spacial score (nSPS) is 18.7. The molecule has 118 valence electrons. The summed E-state index contributed by atoms with van der Waals surface area (Å²) in [6, 6.07) is 0.241. The van der Waals surface area contributed by atoms with Gasteiger partial charge in [-0.25, -0.2) is 14.8 Å². The van der Waals surface area contributed by atoms with E-state index in [4.69, 9.17) is 4.74 Å². The van der Waals surface area contributed by atoms with Gasteiger partial charge in [-0.1, -0.05) is 0 Å². The molecular formula is C14H19N5O2S. The Labute approximate surface area is 132 Å². The van der Waals surface area contributed by atoms with Gasteiger partial charge < -0.3 is 4.74 Å². The molecular weight excluding hydrogens is 302 g/mol. The van der Waals surface area contributed by atoms with E-state index in [0.717, 1.165) is 36.8 Å². The van der Waals surface area contributed by atoms with Crippen LogP contribution in [-0.4, -0.2) is 43.8 Å². The Morgan fingerprint density at radius 2 is 2.41 bits per heavy atom. The highest BCUT2D eigenvalue weighted by Crippen LogP contribution is 2.34. The minimum absolute atomic E-state index is 0.241. The molecule has 1 atom stereocenters. The fourth-order valence-electron chi connectivity index (χ4n) is 2.68. The van der Waals surface area contributed by atoms with E-state index in [9.17, 15) is 4.79 Å². The van der Waals surface area contributed by atoms with Crippen LogP contribution < -0.4 is 0 Å². The average Bonchev–Trinajstić information content (AvgIpc) is 3.21. The van der Waals surface area contributed by atoms with Crippen LogP contribution >= 0.6 is 11.3 Å². The molecule has 1 saturated heterocycles. The highest BCUT2D eigenvalue weighted by atomic mass is 32.1. The minimum Gasteiger partial charge on any atom is -0.461 e. The third kappa shape index (κ3) is 3.02. The molecule has 1 unspecified atom stereocenters. The molecule has 0 aromatic carbocycles. The molecule has 0 amide bonds. The number of rotatable bonds is 5. The lowest BCUT2D eigenvalue weighted by Gasteiger charge is -2.21. The Bertz CT molecular complexity index is 653. The van der Waals surface area contributed by atoms with E-state index in [1.165, 1.54) is 11.3 Å². The maximum atomic E-state index is 11.7. The summed E-state index contributed by atoms with van der Waals surface area (Å²) < 4.78 is 6.79. The van der Waals surface area contributed by atoms with Crippen molar-refractivity contribution in [1.82, 2.24) is 24.6 Å². The first-order valence-electron chi connectivity index (χ1n) is 7.38. The summed E-state index contributed by atoms with van der Waals surface area (Å²) >= 11 is 1.53. The Balaban J connectivity index is 1.73. The monoisotopic (exact) mass is 321 g/mol. The van der Waals surface area contributed by atoms with Gasteiger partial charge in [0.1, 0.15) is 17.2 Å². The van der Waals surface area contributed by atoms with Gasteiger partial charge in [-0.3, -0.25) is 9.58 Å². The summed E-state index contributed by atoms with van der Waals surface area (Å²) in [6.45, 7) is 3.92. The number of esters is 1. The fraction of sp³-hybridized carbons (Fsp3) is 0.571. The summed E-state index contributed by atoms with van der Waals surface area (Å²) in [4.78, 5) is 22.8. The van der Waals surface area contributed by atoms with Crippen molar-refractivity contribution >= 4 is 17.3 Å². The van der Waals surface area contributed by atoms with Crippen molar-refractivity contribution in [2.45, 2.75) is 32.4 Å². The largest absolute Gasteiger partial charge is 0.461 e. The zero-order chi connectivity index (χ0) is 15.5. The van der Waals surface area contributed by atoms with Crippen LogP contribution in [0, 0.1) is 0 Å². The van der Waals surface area contributed by atoms with Crippen molar-refractivity contribution in [2.24, 2.45) is 7.05 Å². The highest BCUT2D eigenvalue weighted by molar-refractivity contribution is 7.09. The summed E-state index contributed by atoms with van der Waals surface area (Å²) in [6.07, 6.45) is 3.74. The topological polar surface area (TPSA) is 73.1 Å². The number of aryl methyl sites for hydroxylation is 1. The molecule has 0 radical (unpaired) electrons. The van der Waals surface area contributed by atoms with Gasteiger partial charge in [-0.15, -0.1) is 11.3 Å². The number of nitrogens with zero attached hydrogens (tertiary/aromatic N) is 5. The lowest BCUT2D eigenvalue weighted by Crippen LogP contribution is -2.24. The van der Waals surface area contributed by atoms with Crippen molar-refractivity contribution in [2.75, 3.05) is 13.2 Å². The predicted molar refractivity (Wildman–Crippen MR) is 81.5 cm³/mol. The molecule has 2 aromatic heterocycles. The molecule has 0 bridgehead atoms. The smallest absolute Gasteiger partial charge is 0.357 e. The second-order valence-electron chi connectivity index (χ2n) is 5.22. The minimum atomic E-state index is -0.345. The Kier molecular flexibility index (Phi) is 4.49. The number of hydrogen-bond donors (Lipinski definition) is 0. The second kappa shape index (κ2) is 6.53. The Morgan fingerprint density at radius 1 is 1.55 bits per heavy atom. The first kappa shape index (κ1) is 15.1. The van der Waals surface area contributed by atoms with Crippen LogP contribution in [0.4, 0.5) is 0 Å². The van der Waals surface area contributed by atoms with E-state index < -0.39 is 0 Å². The number of ether oxygens (including phenoxy) is 1. The summed E-state index contributed by atoms with van der Waals surface area (Å²) in [5.74, 6) is 0.594. The van der Waals surface area contributed by atoms with Gasteiger partial charge in [0.25, 0.3) is 0 Å². The molecule has 2 aromatic rings. The molecule has 0 N–H and O–H groups in total. The molecule has 3 heterocycles. The summed E-state index contributed by atoms with van der Waals surface area (Å²) in [5, 5.41) is 6.87. The molecule has 3 rings (SSSR count). The van der Waals surface area contributed by atoms with Crippen molar-refractivity contribution in [3.63, 3.8) is 0 Å².